The van der Waals surface area contributed by atoms with Gasteiger partial charge in [0, 0.05) is 11.0 Å². The third kappa shape index (κ3) is 3.97. The van der Waals surface area contributed by atoms with Crippen LogP contribution in [0.2, 0.25) is 0 Å². The summed E-state index contributed by atoms with van der Waals surface area (Å²) in [5.74, 6) is -1.71. The molecule has 1 saturated carbocycles. The van der Waals surface area contributed by atoms with Crippen LogP contribution >= 0.6 is 15.9 Å². The summed E-state index contributed by atoms with van der Waals surface area (Å²) in [6.45, 7) is 0.321. The maximum absolute atomic E-state index is 12.1. The second-order valence-electron chi connectivity index (χ2n) is 5.36. The molecular formula is C15H18BrNO4. The van der Waals surface area contributed by atoms with E-state index in [2.05, 4.69) is 21.2 Å². The van der Waals surface area contributed by atoms with Gasteiger partial charge in [0.1, 0.15) is 5.75 Å². The summed E-state index contributed by atoms with van der Waals surface area (Å²) in [4.78, 5) is 23.3. The van der Waals surface area contributed by atoms with E-state index in [4.69, 9.17) is 0 Å². The van der Waals surface area contributed by atoms with Crippen molar-refractivity contribution in [1.29, 1.82) is 0 Å². The standard InChI is InChI=1S/C15H18BrNO4/c16-10-5-6-13(18)12(7-10)14(19)17-8-9-3-1-2-4-11(9)15(20)21/h5-7,9,11,18H,1-4,8H2,(H,17,19)(H,20,21). The predicted molar refractivity (Wildman–Crippen MR) is 81.2 cm³/mol. The van der Waals surface area contributed by atoms with Crippen LogP contribution in [0.1, 0.15) is 36.0 Å². The molecule has 0 spiro atoms. The first-order valence-electron chi connectivity index (χ1n) is 6.98. The van der Waals surface area contributed by atoms with Crippen molar-refractivity contribution in [3.05, 3.63) is 28.2 Å². The van der Waals surface area contributed by atoms with E-state index in [1.807, 2.05) is 0 Å². The van der Waals surface area contributed by atoms with Crippen molar-refractivity contribution >= 4 is 27.8 Å². The number of phenols is 1. The largest absolute Gasteiger partial charge is 0.507 e. The number of carboxylic acid groups (broad SMARTS) is 1. The van der Waals surface area contributed by atoms with Crippen molar-refractivity contribution in [3.63, 3.8) is 0 Å². The predicted octanol–water partition coefficient (Wildman–Crippen LogP) is 2.78. The zero-order chi connectivity index (χ0) is 15.4. The second kappa shape index (κ2) is 6.93. The summed E-state index contributed by atoms with van der Waals surface area (Å²) in [5, 5.41) is 21.7. The van der Waals surface area contributed by atoms with Crippen molar-refractivity contribution in [2.45, 2.75) is 25.7 Å². The molecule has 1 aromatic carbocycles. The van der Waals surface area contributed by atoms with Gasteiger partial charge in [-0.2, -0.15) is 0 Å². The molecule has 21 heavy (non-hydrogen) atoms. The highest BCUT2D eigenvalue weighted by atomic mass is 79.9. The number of aliphatic carboxylic acids is 1. The molecule has 3 N–H and O–H groups in total. The molecule has 1 fully saturated rings. The summed E-state index contributed by atoms with van der Waals surface area (Å²) >= 11 is 3.25. The highest BCUT2D eigenvalue weighted by molar-refractivity contribution is 9.10. The van der Waals surface area contributed by atoms with Gasteiger partial charge in [0.25, 0.3) is 5.91 Å². The van der Waals surface area contributed by atoms with Gasteiger partial charge >= 0.3 is 5.97 Å². The van der Waals surface area contributed by atoms with Gasteiger partial charge in [-0.1, -0.05) is 28.8 Å². The molecule has 1 amide bonds. The number of hydrogen-bond donors (Lipinski definition) is 3. The number of carbonyl (C=O) groups excluding carboxylic acids is 1. The minimum atomic E-state index is -0.792. The Morgan fingerprint density at radius 2 is 2.00 bits per heavy atom. The molecule has 0 aromatic heterocycles. The number of carbonyl (C=O) groups is 2. The third-order valence-electron chi connectivity index (χ3n) is 3.95. The smallest absolute Gasteiger partial charge is 0.306 e. The monoisotopic (exact) mass is 355 g/mol. The van der Waals surface area contributed by atoms with Gasteiger partial charge in [-0.05, 0) is 37.0 Å². The van der Waals surface area contributed by atoms with Gasteiger partial charge in [0.15, 0.2) is 0 Å². The fourth-order valence-corrected chi connectivity index (χ4v) is 3.15. The van der Waals surface area contributed by atoms with Crippen LogP contribution in [-0.2, 0) is 4.79 Å². The fraction of sp³-hybridized carbons (Fsp3) is 0.467. The quantitative estimate of drug-likeness (QED) is 0.774. The first-order chi connectivity index (χ1) is 9.99. The van der Waals surface area contributed by atoms with Crippen molar-refractivity contribution in [3.8, 4) is 5.75 Å². The van der Waals surface area contributed by atoms with Gasteiger partial charge in [0.05, 0.1) is 11.5 Å². The van der Waals surface area contributed by atoms with Gasteiger partial charge in [-0.15, -0.1) is 0 Å². The lowest BCUT2D eigenvalue weighted by molar-refractivity contribution is -0.144. The van der Waals surface area contributed by atoms with Crippen LogP contribution in [0.4, 0.5) is 0 Å². The summed E-state index contributed by atoms with van der Waals surface area (Å²) in [6, 6.07) is 4.63. The Hall–Kier alpha value is -1.56. The van der Waals surface area contributed by atoms with E-state index in [0.717, 1.165) is 19.3 Å². The Bertz CT molecular complexity index is 546. The van der Waals surface area contributed by atoms with Crippen LogP contribution in [0, 0.1) is 11.8 Å². The van der Waals surface area contributed by atoms with Crippen LogP contribution in [0.5, 0.6) is 5.75 Å². The Balaban J connectivity index is 1.99. The molecule has 2 atom stereocenters. The van der Waals surface area contributed by atoms with E-state index in [1.165, 1.54) is 6.07 Å². The van der Waals surface area contributed by atoms with E-state index in [-0.39, 0.29) is 23.1 Å². The van der Waals surface area contributed by atoms with E-state index in [9.17, 15) is 19.8 Å². The van der Waals surface area contributed by atoms with E-state index in [0.29, 0.717) is 17.4 Å². The van der Waals surface area contributed by atoms with Crippen molar-refractivity contribution < 1.29 is 19.8 Å². The number of hydrogen-bond acceptors (Lipinski definition) is 3. The summed E-state index contributed by atoms with van der Waals surface area (Å²) in [5.41, 5.74) is 0.187. The third-order valence-corrected chi connectivity index (χ3v) is 4.45. The topological polar surface area (TPSA) is 86.6 Å². The van der Waals surface area contributed by atoms with Crippen molar-refractivity contribution in [1.82, 2.24) is 5.32 Å². The molecule has 2 unspecified atom stereocenters. The summed E-state index contributed by atoms with van der Waals surface area (Å²) in [7, 11) is 0. The number of halogens is 1. The van der Waals surface area contributed by atoms with Gasteiger partial charge in [0.2, 0.25) is 0 Å². The highest BCUT2D eigenvalue weighted by Crippen LogP contribution is 2.30. The van der Waals surface area contributed by atoms with Crippen molar-refractivity contribution in [2.75, 3.05) is 6.54 Å². The van der Waals surface area contributed by atoms with Gasteiger partial charge in [-0.25, -0.2) is 0 Å². The van der Waals surface area contributed by atoms with Crippen LogP contribution < -0.4 is 5.32 Å². The lowest BCUT2D eigenvalue weighted by atomic mass is 9.79. The lowest BCUT2D eigenvalue weighted by Gasteiger charge is -2.28. The van der Waals surface area contributed by atoms with E-state index >= 15 is 0 Å². The molecule has 114 valence electrons. The van der Waals surface area contributed by atoms with E-state index < -0.39 is 11.9 Å². The minimum absolute atomic E-state index is 0.0468. The van der Waals surface area contributed by atoms with Crippen LogP contribution in [0.3, 0.4) is 0 Å². The Labute approximate surface area is 131 Å². The lowest BCUT2D eigenvalue weighted by Crippen LogP contribution is -2.37. The molecule has 6 heteroatoms. The van der Waals surface area contributed by atoms with Gasteiger partial charge < -0.3 is 15.5 Å². The van der Waals surface area contributed by atoms with Gasteiger partial charge in [-0.3, -0.25) is 9.59 Å². The van der Waals surface area contributed by atoms with Crippen LogP contribution in [-0.4, -0.2) is 28.6 Å². The molecule has 1 aliphatic carbocycles. The number of amides is 1. The molecule has 1 aromatic rings. The molecule has 0 heterocycles. The van der Waals surface area contributed by atoms with Crippen molar-refractivity contribution in [2.24, 2.45) is 11.8 Å². The summed E-state index contributed by atoms with van der Waals surface area (Å²) in [6.07, 6.45) is 3.39. The molecule has 2 rings (SSSR count). The molecule has 0 bridgehead atoms. The highest BCUT2D eigenvalue weighted by Gasteiger charge is 2.31. The zero-order valence-electron chi connectivity index (χ0n) is 11.5. The molecule has 0 aliphatic heterocycles. The number of carboxylic acids is 1. The first kappa shape index (κ1) is 15.8. The molecular weight excluding hydrogens is 338 g/mol. The Morgan fingerprint density at radius 3 is 2.71 bits per heavy atom. The Kier molecular flexibility index (Phi) is 5.22. The molecule has 5 nitrogen and oxygen atoms in total. The number of aromatic hydroxyl groups is 1. The first-order valence-corrected chi connectivity index (χ1v) is 7.78. The number of phenolic OH excluding ortho intramolecular Hbond substituents is 1. The normalized spacial score (nSPS) is 21.8. The number of rotatable bonds is 4. The van der Waals surface area contributed by atoms with Crippen LogP contribution in [0.15, 0.2) is 22.7 Å². The minimum Gasteiger partial charge on any atom is -0.507 e. The molecule has 1 aliphatic rings. The number of nitrogens with one attached hydrogen (secondary N) is 1. The zero-order valence-corrected chi connectivity index (χ0v) is 13.1. The Morgan fingerprint density at radius 1 is 1.29 bits per heavy atom. The fourth-order valence-electron chi connectivity index (χ4n) is 2.79. The average molecular weight is 356 g/mol. The maximum Gasteiger partial charge on any atom is 0.306 e. The SMILES string of the molecule is O=C(NCC1CCCCC1C(=O)O)c1cc(Br)ccc1O. The maximum atomic E-state index is 12.1. The number of benzene rings is 1. The second-order valence-corrected chi connectivity index (χ2v) is 6.28. The van der Waals surface area contributed by atoms with Crippen LogP contribution in [0.25, 0.3) is 0 Å². The molecule has 0 saturated heterocycles. The average Bonchev–Trinajstić information content (AvgIpc) is 2.47. The van der Waals surface area contributed by atoms with E-state index in [1.54, 1.807) is 12.1 Å². The summed E-state index contributed by atoms with van der Waals surface area (Å²) < 4.78 is 0.700. The molecule has 0 radical (unpaired) electrons.